The lowest BCUT2D eigenvalue weighted by Crippen LogP contribution is -2.58. The molecular weight excluding hydrogens is 164 g/mol. The maximum absolute atomic E-state index is 11.9. The Balaban J connectivity index is 2.56. The van der Waals surface area contributed by atoms with E-state index in [0.29, 0.717) is 11.8 Å². The molecule has 0 bridgehead atoms. The molecule has 2 N–H and O–H groups in total. The predicted molar refractivity (Wildman–Crippen MR) is 53.7 cm³/mol. The molecule has 1 heterocycles. The normalized spacial score (nSPS) is 30.2. The molecule has 3 heteroatoms. The van der Waals surface area contributed by atoms with Crippen LogP contribution in [0.4, 0.5) is 0 Å². The standard InChI is InChI=1S/C10H20N2O/c1-7-5-11-6-8(12-7)9(13)10(2,3)4/h7-8,11-12H,5-6H2,1-4H3. The molecule has 1 rings (SSSR count). The molecule has 1 fully saturated rings. The van der Waals surface area contributed by atoms with E-state index in [1.54, 1.807) is 0 Å². The van der Waals surface area contributed by atoms with E-state index in [0.717, 1.165) is 13.1 Å². The van der Waals surface area contributed by atoms with E-state index >= 15 is 0 Å². The minimum Gasteiger partial charge on any atom is -0.313 e. The number of hydrogen-bond acceptors (Lipinski definition) is 3. The molecule has 2 atom stereocenters. The Bertz CT molecular complexity index is 196. The Hall–Kier alpha value is -0.410. The molecule has 76 valence electrons. The second kappa shape index (κ2) is 3.76. The van der Waals surface area contributed by atoms with Crippen LogP contribution < -0.4 is 10.6 Å². The average molecular weight is 184 g/mol. The van der Waals surface area contributed by atoms with Gasteiger partial charge in [-0.15, -0.1) is 0 Å². The van der Waals surface area contributed by atoms with E-state index in [9.17, 15) is 4.79 Å². The molecule has 1 saturated heterocycles. The van der Waals surface area contributed by atoms with Gasteiger partial charge in [0.1, 0.15) is 0 Å². The van der Waals surface area contributed by atoms with Gasteiger partial charge in [0.25, 0.3) is 0 Å². The van der Waals surface area contributed by atoms with Gasteiger partial charge in [-0.3, -0.25) is 4.79 Å². The van der Waals surface area contributed by atoms with Crippen molar-refractivity contribution < 1.29 is 4.79 Å². The third kappa shape index (κ3) is 2.78. The maximum atomic E-state index is 11.9. The molecular formula is C10H20N2O. The molecule has 2 unspecified atom stereocenters. The van der Waals surface area contributed by atoms with Gasteiger partial charge in [0, 0.05) is 24.5 Å². The zero-order chi connectivity index (χ0) is 10.1. The van der Waals surface area contributed by atoms with Crippen molar-refractivity contribution in [3.05, 3.63) is 0 Å². The summed E-state index contributed by atoms with van der Waals surface area (Å²) in [6, 6.07) is 0.383. The van der Waals surface area contributed by atoms with Crippen molar-refractivity contribution in [2.75, 3.05) is 13.1 Å². The van der Waals surface area contributed by atoms with Crippen LogP contribution in [-0.4, -0.2) is 31.0 Å². The van der Waals surface area contributed by atoms with E-state index in [-0.39, 0.29) is 11.5 Å². The lowest BCUT2D eigenvalue weighted by atomic mass is 9.85. The minimum absolute atomic E-state index is 0.0104. The van der Waals surface area contributed by atoms with E-state index in [4.69, 9.17) is 0 Å². The summed E-state index contributed by atoms with van der Waals surface area (Å²) in [4.78, 5) is 11.9. The number of Topliss-reactive ketones (excluding diaryl/α,β-unsaturated/α-hetero) is 1. The van der Waals surface area contributed by atoms with Crippen LogP contribution in [0.25, 0.3) is 0 Å². The number of rotatable bonds is 1. The molecule has 13 heavy (non-hydrogen) atoms. The van der Waals surface area contributed by atoms with Crippen LogP contribution >= 0.6 is 0 Å². The lowest BCUT2D eigenvalue weighted by molar-refractivity contribution is -0.128. The first-order chi connectivity index (χ1) is 5.91. The van der Waals surface area contributed by atoms with Crippen molar-refractivity contribution in [2.45, 2.75) is 39.8 Å². The zero-order valence-corrected chi connectivity index (χ0v) is 8.98. The van der Waals surface area contributed by atoms with Crippen molar-refractivity contribution in [1.82, 2.24) is 10.6 Å². The Kier molecular flexibility index (Phi) is 3.09. The summed E-state index contributed by atoms with van der Waals surface area (Å²) >= 11 is 0. The maximum Gasteiger partial charge on any atom is 0.156 e. The highest BCUT2D eigenvalue weighted by molar-refractivity contribution is 5.89. The Morgan fingerprint density at radius 3 is 2.38 bits per heavy atom. The van der Waals surface area contributed by atoms with Crippen molar-refractivity contribution in [3.8, 4) is 0 Å². The van der Waals surface area contributed by atoms with Crippen molar-refractivity contribution in [3.63, 3.8) is 0 Å². The summed E-state index contributed by atoms with van der Waals surface area (Å²) < 4.78 is 0. The van der Waals surface area contributed by atoms with Gasteiger partial charge in [-0.05, 0) is 6.92 Å². The lowest BCUT2D eigenvalue weighted by Gasteiger charge is -2.32. The molecule has 3 nitrogen and oxygen atoms in total. The summed E-state index contributed by atoms with van der Waals surface area (Å²) in [6.07, 6.45) is 0. The summed E-state index contributed by atoms with van der Waals surface area (Å²) in [5.41, 5.74) is -0.240. The fourth-order valence-corrected chi connectivity index (χ4v) is 1.60. The van der Waals surface area contributed by atoms with Crippen LogP contribution in [0.2, 0.25) is 0 Å². The molecule has 0 saturated carbocycles. The van der Waals surface area contributed by atoms with Crippen molar-refractivity contribution in [1.29, 1.82) is 0 Å². The second-order valence-electron chi connectivity index (χ2n) is 4.89. The topological polar surface area (TPSA) is 41.1 Å². The average Bonchev–Trinajstić information content (AvgIpc) is 2.01. The van der Waals surface area contributed by atoms with E-state index in [1.807, 2.05) is 20.8 Å². The Morgan fingerprint density at radius 2 is 1.92 bits per heavy atom. The molecule has 0 radical (unpaired) electrons. The van der Waals surface area contributed by atoms with Crippen LogP contribution in [0, 0.1) is 5.41 Å². The van der Waals surface area contributed by atoms with Gasteiger partial charge in [0.05, 0.1) is 6.04 Å². The predicted octanol–water partition coefficient (Wildman–Crippen LogP) is 0.551. The minimum atomic E-state index is -0.240. The van der Waals surface area contributed by atoms with Gasteiger partial charge in [-0.1, -0.05) is 20.8 Å². The highest BCUT2D eigenvalue weighted by atomic mass is 16.1. The van der Waals surface area contributed by atoms with Crippen LogP contribution in [0.15, 0.2) is 0 Å². The Morgan fingerprint density at radius 1 is 1.31 bits per heavy atom. The number of piperazine rings is 1. The van der Waals surface area contributed by atoms with Crippen molar-refractivity contribution >= 4 is 5.78 Å². The third-order valence-electron chi connectivity index (χ3n) is 2.34. The van der Waals surface area contributed by atoms with Gasteiger partial charge >= 0.3 is 0 Å². The van der Waals surface area contributed by atoms with E-state index in [2.05, 4.69) is 17.6 Å². The monoisotopic (exact) mass is 184 g/mol. The number of carbonyl (C=O) groups excluding carboxylic acids is 1. The van der Waals surface area contributed by atoms with Crippen LogP contribution in [0.1, 0.15) is 27.7 Å². The summed E-state index contributed by atoms with van der Waals surface area (Å²) in [5, 5.41) is 6.56. The summed E-state index contributed by atoms with van der Waals surface area (Å²) in [7, 11) is 0. The smallest absolute Gasteiger partial charge is 0.156 e. The van der Waals surface area contributed by atoms with Gasteiger partial charge in [-0.25, -0.2) is 0 Å². The second-order valence-corrected chi connectivity index (χ2v) is 4.89. The fraction of sp³-hybridized carbons (Fsp3) is 0.900. The highest BCUT2D eigenvalue weighted by Gasteiger charge is 2.31. The number of nitrogens with one attached hydrogen (secondary N) is 2. The number of hydrogen-bond donors (Lipinski definition) is 2. The van der Waals surface area contributed by atoms with Gasteiger partial charge in [-0.2, -0.15) is 0 Å². The van der Waals surface area contributed by atoms with Crippen molar-refractivity contribution in [2.24, 2.45) is 5.41 Å². The molecule has 0 amide bonds. The van der Waals surface area contributed by atoms with Gasteiger partial charge in [0.15, 0.2) is 5.78 Å². The molecule has 0 aromatic rings. The summed E-state index contributed by atoms with van der Waals surface area (Å²) in [5.74, 6) is 0.298. The fourth-order valence-electron chi connectivity index (χ4n) is 1.60. The number of ketones is 1. The molecule has 0 spiro atoms. The van der Waals surface area contributed by atoms with Gasteiger partial charge in [0.2, 0.25) is 0 Å². The first kappa shape index (κ1) is 10.7. The first-order valence-corrected chi connectivity index (χ1v) is 4.92. The summed E-state index contributed by atoms with van der Waals surface area (Å²) in [6.45, 7) is 9.71. The molecule has 0 aliphatic carbocycles. The Labute approximate surface area is 80.3 Å². The first-order valence-electron chi connectivity index (χ1n) is 4.92. The number of carbonyl (C=O) groups is 1. The molecule has 1 aliphatic heterocycles. The largest absolute Gasteiger partial charge is 0.313 e. The third-order valence-corrected chi connectivity index (χ3v) is 2.34. The molecule has 0 aromatic carbocycles. The van der Waals surface area contributed by atoms with Gasteiger partial charge < -0.3 is 10.6 Å². The highest BCUT2D eigenvalue weighted by Crippen LogP contribution is 2.17. The molecule has 1 aliphatic rings. The zero-order valence-electron chi connectivity index (χ0n) is 8.98. The quantitative estimate of drug-likeness (QED) is 0.625. The van der Waals surface area contributed by atoms with Crippen LogP contribution in [0.5, 0.6) is 0 Å². The molecule has 0 aromatic heterocycles. The van der Waals surface area contributed by atoms with E-state index < -0.39 is 0 Å². The van der Waals surface area contributed by atoms with E-state index in [1.165, 1.54) is 0 Å². The SMILES string of the molecule is CC1CNCC(C(=O)C(C)(C)C)N1. The van der Waals surface area contributed by atoms with Crippen LogP contribution in [-0.2, 0) is 4.79 Å². The van der Waals surface area contributed by atoms with Crippen LogP contribution in [0.3, 0.4) is 0 Å².